The topological polar surface area (TPSA) is 55.4 Å². The zero-order valence-corrected chi connectivity index (χ0v) is 9.58. The molecule has 1 N–H and O–H groups in total. The van der Waals surface area contributed by atoms with Crippen molar-refractivity contribution in [3.63, 3.8) is 0 Å². The van der Waals surface area contributed by atoms with Gasteiger partial charge in [0.1, 0.15) is 6.10 Å². The van der Waals surface area contributed by atoms with Gasteiger partial charge in [-0.05, 0) is 12.5 Å². The first-order chi connectivity index (χ1) is 7.01. The van der Waals surface area contributed by atoms with Gasteiger partial charge in [-0.2, -0.15) is 0 Å². The molecule has 0 aliphatic carbocycles. The summed E-state index contributed by atoms with van der Waals surface area (Å²) in [6.07, 6.45) is 1.61. The first-order valence-electron chi connectivity index (χ1n) is 5.12. The van der Waals surface area contributed by atoms with E-state index in [-0.39, 0.29) is 23.9 Å². The molecule has 4 nitrogen and oxygen atoms in total. The summed E-state index contributed by atoms with van der Waals surface area (Å²) in [7, 11) is 0. The van der Waals surface area contributed by atoms with E-state index in [1.54, 1.807) is 13.8 Å². The Morgan fingerprint density at radius 2 is 2.07 bits per heavy atom. The predicted molar refractivity (Wildman–Crippen MR) is 58.2 cm³/mol. The van der Waals surface area contributed by atoms with Crippen LogP contribution in [0.3, 0.4) is 0 Å². The Morgan fingerprint density at radius 3 is 2.47 bits per heavy atom. The molecule has 0 unspecified atom stereocenters. The van der Waals surface area contributed by atoms with E-state index in [0.717, 1.165) is 0 Å². The number of nitrogens with one attached hydrogen (secondary N) is 1. The normalized spacial score (nSPS) is 12.0. The van der Waals surface area contributed by atoms with Crippen LogP contribution in [0.1, 0.15) is 27.2 Å². The van der Waals surface area contributed by atoms with E-state index in [2.05, 4.69) is 11.9 Å². The summed E-state index contributed by atoms with van der Waals surface area (Å²) in [4.78, 5) is 22.2. The van der Waals surface area contributed by atoms with Gasteiger partial charge in [0, 0.05) is 0 Å². The van der Waals surface area contributed by atoms with E-state index >= 15 is 0 Å². The second-order valence-corrected chi connectivity index (χ2v) is 3.57. The van der Waals surface area contributed by atoms with Gasteiger partial charge < -0.3 is 10.1 Å². The summed E-state index contributed by atoms with van der Waals surface area (Å²) in [5.41, 5.74) is 0. The molecule has 0 radical (unpaired) electrons. The van der Waals surface area contributed by atoms with Gasteiger partial charge in [-0.25, -0.2) is 0 Å². The van der Waals surface area contributed by atoms with Crippen molar-refractivity contribution >= 4 is 11.9 Å². The molecule has 15 heavy (non-hydrogen) atoms. The molecule has 0 aromatic heterocycles. The number of carbonyl (C=O) groups is 2. The molecule has 4 heteroatoms. The summed E-state index contributed by atoms with van der Waals surface area (Å²) < 4.78 is 5.17. The summed E-state index contributed by atoms with van der Waals surface area (Å²) >= 11 is 0. The van der Waals surface area contributed by atoms with E-state index in [9.17, 15) is 9.59 Å². The lowest BCUT2D eigenvalue weighted by Crippen LogP contribution is -2.34. The molecule has 0 aromatic rings. The molecule has 86 valence electrons. The van der Waals surface area contributed by atoms with Crippen LogP contribution in [0, 0.1) is 5.92 Å². The second kappa shape index (κ2) is 7.04. The lowest BCUT2D eigenvalue weighted by atomic mass is 10.2. The van der Waals surface area contributed by atoms with Gasteiger partial charge >= 0.3 is 5.97 Å². The summed E-state index contributed by atoms with van der Waals surface area (Å²) in [6.45, 7) is 9.12. The van der Waals surface area contributed by atoms with Crippen LogP contribution in [-0.2, 0) is 14.3 Å². The quantitative estimate of drug-likeness (QED) is 0.534. The number of rotatable bonds is 6. The van der Waals surface area contributed by atoms with Gasteiger partial charge in [-0.3, -0.25) is 9.59 Å². The zero-order valence-electron chi connectivity index (χ0n) is 9.58. The van der Waals surface area contributed by atoms with Gasteiger partial charge in [-0.15, -0.1) is 0 Å². The van der Waals surface area contributed by atoms with Gasteiger partial charge in [0.2, 0.25) is 5.91 Å². The minimum Gasteiger partial charge on any atom is -0.460 e. The highest BCUT2D eigenvalue weighted by atomic mass is 16.5. The number of ether oxygens (including phenoxy) is 1. The fourth-order valence-electron chi connectivity index (χ4n) is 0.856. The number of hydrogen-bond donors (Lipinski definition) is 1. The second-order valence-electron chi connectivity index (χ2n) is 3.57. The SMILES string of the molecule is C=CC(=O)NC[C@H](CC)OC(=O)C(C)C. The van der Waals surface area contributed by atoms with Crippen molar-refractivity contribution in [1.82, 2.24) is 5.32 Å². The minimum atomic E-state index is -0.260. The van der Waals surface area contributed by atoms with E-state index < -0.39 is 0 Å². The van der Waals surface area contributed by atoms with Crippen LogP contribution in [0.15, 0.2) is 12.7 Å². The van der Waals surface area contributed by atoms with Crippen molar-refractivity contribution in [1.29, 1.82) is 0 Å². The molecular weight excluding hydrogens is 194 g/mol. The molecule has 0 aliphatic heterocycles. The third-order valence-electron chi connectivity index (χ3n) is 1.90. The van der Waals surface area contributed by atoms with Crippen molar-refractivity contribution in [3.05, 3.63) is 12.7 Å². The van der Waals surface area contributed by atoms with Crippen LogP contribution in [0.4, 0.5) is 0 Å². The summed E-state index contributed by atoms with van der Waals surface area (Å²) in [5, 5.41) is 2.59. The van der Waals surface area contributed by atoms with Gasteiger partial charge in [0.15, 0.2) is 0 Å². The van der Waals surface area contributed by atoms with Crippen molar-refractivity contribution in [3.8, 4) is 0 Å². The Morgan fingerprint density at radius 1 is 1.47 bits per heavy atom. The van der Waals surface area contributed by atoms with Crippen LogP contribution >= 0.6 is 0 Å². The molecule has 0 saturated carbocycles. The van der Waals surface area contributed by atoms with Crippen molar-refractivity contribution in [2.24, 2.45) is 5.92 Å². The molecule has 0 aliphatic rings. The maximum absolute atomic E-state index is 11.3. The highest BCUT2D eigenvalue weighted by molar-refractivity contribution is 5.86. The molecular formula is C11H19NO3. The monoisotopic (exact) mass is 213 g/mol. The number of hydrogen-bond acceptors (Lipinski definition) is 3. The average molecular weight is 213 g/mol. The Balaban J connectivity index is 3.98. The third-order valence-corrected chi connectivity index (χ3v) is 1.90. The molecule has 0 heterocycles. The van der Waals surface area contributed by atoms with Crippen molar-refractivity contribution in [2.75, 3.05) is 6.54 Å². The molecule has 1 atom stereocenters. The van der Waals surface area contributed by atoms with Crippen molar-refractivity contribution in [2.45, 2.75) is 33.3 Å². The fraction of sp³-hybridized carbons (Fsp3) is 0.636. The molecule has 0 bridgehead atoms. The molecule has 0 fully saturated rings. The highest BCUT2D eigenvalue weighted by Gasteiger charge is 2.15. The highest BCUT2D eigenvalue weighted by Crippen LogP contribution is 2.03. The van der Waals surface area contributed by atoms with E-state index in [1.807, 2.05) is 6.92 Å². The minimum absolute atomic E-state index is 0.144. The lowest BCUT2D eigenvalue weighted by molar-refractivity contribution is -0.153. The van der Waals surface area contributed by atoms with E-state index in [4.69, 9.17) is 4.74 Å². The maximum atomic E-state index is 11.3. The Kier molecular flexibility index (Phi) is 6.42. The molecule has 0 spiro atoms. The summed E-state index contributed by atoms with van der Waals surface area (Å²) in [6, 6.07) is 0. The Hall–Kier alpha value is -1.32. The van der Waals surface area contributed by atoms with Gasteiger partial charge in [0.05, 0.1) is 12.5 Å². The van der Waals surface area contributed by atoms with Crippen LogP contribution < -0.4 is 5.32 Å². The zero-order chi connectivity index (χ0) is 11.8. The van der Waals surface area contributed by atoms with E-state index in [0.29, 0.717) is 13.0 Å². The molecule has 0 aromatic carbocycles. The van der Waals surface area contributed by atoms with E-state index in [1.165, 1.54) is 6.08 Å². The van der Waals surface area contributed by atoms with Gasteiger partial charge in [0.25, 0.3) is 0 Å². The number of carbonyl (C=O) groups excluding carboxylic acids is 2. The largest absolute Gasteiger partial charge is 0.460 e. The maximum Gasteiger partial charge on any atom is 0.308 e. The first-order valence-corrected chi connectivity index (χ1v) is 5.12. The smallest absolute Gasteiger partial charge is 0.308 e. The first kappa shape index (κ1) is 13.7. The Bertz CT molecular complexity index is 236. The standard InChI is InChI=1S/C11H19NO3/c1-5-9(7-12-10(13)6-2)15-11(14)8(3)4/h6,8-9H,2,5,7H2,1,3-4H3,(H,12,13)/t9-/m0/s1. The average Bonchev–Trinajstić information content (AvgIpc) is 2.22. The Labute approximate surface area is 90.7 Å². The van der Waals surface area contributed by atoms with Crippen molar-refractivity contribution < 1.29 is 14.3 Å². The predicted octanol–water partition coefficient (Wildman–Crippen LogP) is 1.27. The lowest BCUT2D eigenvalue weighted by Gasteiger charge is -2.17. The van der Waals surface area contributed by atoms with Crippen LogP contribution in [0.2, 0.25) is 0 Å². The third kappa shape index (κ3) is 5.88. The fourth-order valence-corrected chi connectivity index (χ4v) is 0.856. The molecule has 1 amide bonds. The summed E-state index contributed by atoms with van der Waals surface area (Å²) in [5.74, 6) is -0.641. The molecule has 0 rings (SSSR count). The molecule has 0 saturated heterocycles. The van der Waals surface area contributed by atoms with Crippen LogP contribution in [0.25, 0.3) is 0 Å². The van der Waals surface area contributed by atoms with Gasteiger partial charge in [-0.1, -0.05) is 27.4 Å². The number of amides is 1. The van der Waals surface area contributed by atoms with Crippen LogP contribution in [0.5, 0.6) is 0 Å². The number of esters is 1. The van der Waals surface area contributed by atoms with Crippen LogP contribution in [-0.4, -0.2) is 24.5 Å².